The molecular weight excluding hydrogens is 557 g/mol. The molecule has 0 atom stereocenters. The fraction of sp³-hybridized carbons (Fsp3) is 0.353. The molecule has 0 unspecified atom stereocenters. The Bertz CT molecular complexity index is 1600. The molecule has 1 amide bonds. The lowest BCUT2D eigenvalue weighted by atomic mass is 9.89. The van der Waals surface area contributed by atoms with E-state index in [9.17, 15) is 22.8 Å². The van der Waals surface area contributed by atoms with Crippen LogP contribution in [0.15, 0.2) is 71.1 Å². The zero-order valence-corrected chi connectivity index (χ0v) is 24.5. The number of hydrogen-bond donors (Lipinski definition) is 1. The van der Waals surface area contributed by atoms with Crippen LogP contribution in [0.4, 0.5) is 13.2 Å². The summed E-state index contributed by atoms with van der Waals surface area (Å²) in [6.45, 7) is 4.46. The molecule has 0 bridgehead atoms. The molecule has 0 aliphatic heterocycles. The lowest BCUT2D eigenvalue weighted by Gasteiger charge is -2.37. The van der Waals surface area contributed by atoms with Crippen molar-refractivity contribution >= 4 is 22.7 Å². The third-order valence-electron chi connectivity index (χ3n) is 8.28. The summed E-state index contributed by atoms with van der Waals surface area (Å²) in [5.41, 5.74) is 3.18. The van der Waals surface area contributed by atoms with Gasteiger partial charge in [0.2, 0.25) is 0 Å². The van der Waals surface area contributed by atoms with E-state index in [-0.39, 0.29) is 18.5 Å². The van der Waals surface area contributed by atoms with Gasteiger partial charge in [-0.25, -0.2) is 0 Å². The Kier molecular flexibility index (Phi) is 8.92. The number of carbonyl (C=O) groups is 2. The van der Waals surface area contributed by atoms with Crippen molar-refractivity contribution in [1.82, 2.24) is 10.2 Å². The first-order chi connectivity index (χ1) is 20.6. The van der Waals surface area contributed by atoms with Crippen LogP contribution < -0.4 is 10.1 Å². The minimum atomic E-state index is -4.94. The molecule has 0 radical (unpaired) electrons. The van der Waals surface area contributed by atoms with E-state index < -0.39 is 17.5 Å². The first-order valence-electron chi connectivity index (χ1n) is 14.5. The highest BCUT2D eigenvalue weighted by molar-refractivity contribution is 6.00. The van der Waals surface area contributed by atoms with Gasteiger partial charge < -0.3 is 19.4 Å². The number of halogens is 3. The van der Waals surface area contributed by atoms with Gasteiger partial charge in [0, 0.05) is 34.2 Å². The first kappa shape index (κ1) is 30.4. The molecule has 6 nitrogen and oxygen atoms in total. The normalized spacial score (nSPS) is 17.2. The largest absolute Gasteiger partial charge is 0.494 e. The lowest BCUT2D eigenvalue weighted by Crippen LogP contribution is -2.44. The number of furan rings is 1. The van der Waals surface area contributed by atoms with Crippen LogP contribution in [0, 0.1) is 6.92 Å². The van der Waals surface area contributed by atoms with Crippen LogP contribution in [0.3, 0.4) is 0 Å². The zero-order chi connectivity index (χ0) is 30.7. The Morgan fingerprint density at radius 2 is 1.65 bits per heavy atom. The summed E-state index contributed by atoms with van der Waals surface area (Å²) in [7, 11) is 1.96. The van der Waals surface area contributed by atoms with Crippen molar-refractivity contribution in [2.24, 2.45) is 0 Å². The van der Waals surface area contributed by atoms with Gasteiger partial charge in [0.05, 0.1) is 13.2 Å². The van der Waals surface area contributed by atoms with Gasteiger partial charge in [0.15, 0.2) is 5.76 Å². The van der Waals surface area contributed by atoms with Gasteiger partial charge in [-0.2, -0.15) is 13.2 Å². The number of Topliss-reactive ketones (excluding diaryl/α,β-unsaturated/α-hetero) is 1. The van der Waals surface area contributed by atoms with Crippen molar-refractivity contribution in [2.75, 3.05) is 13.7 Å². The van der Waals surface area contributed by atoms with E-state index >= 15 is 0 Å². The SMILES string of the molecule is CCOc1ccc(-c2ccc(C(=O)C(F)(F)F)cc2)cc1CN(C(=O)c1oc2ccccc2c1C)C1CCC(NC)CC1. The van der Waals surface area contributed by atoms with Gasteiger partial charge in [0.25, 0.3) is 11.7 Å². The molecule has 1 aliphatic carbocycles. The summed E-state index contributed by atoms with van der Waals surface area (Å²) >= 11 is 0. The van der Waals surface area contributed by atoms with Crippen LogP contribution in [0.1, 0.15) is 64.6 Å². The summed E-state index contributed by atoms with van der Waals surface area (Å²) in [5, 5.41) is 4.24. The average molecular weight is 593 g/mol. The van der Waals surface area contributed by atoms with Gasteiger partial charge in [-0.1, -0.05) is 48.5 Å². The zero-order valence-electron chi connectivity index (χ0n) is 24.5. The molecule has 1 aliphatic rings. The van der Waals surface area contributed by atoms with Crippen molar-refractivity contribution in [3.8, 4) is 16.9 Å². The maximum absolute atomic E-state index is 14.2. The van der Waals surface area contributed by atoms with Crippen LogP contribution in [-0.2, 0) is 6.54 Å². The quantitative estimate of drug-likeness (QED) is 0.202. The third kappa shape index (κ3) is 6.46. The highest BCUT2D eigenvalue weighted by Gasteiger charge is 2.39. The number of carbonyl (C=O) groups excluding carboxylic acids is 2. The number of amides is 1. The van der Waals surface area contributed by atoms with E-state index in [1.54, 1.807) is 0 Å². The molecule has 9 heteroatoms. The Balaban J connectivity index is 1.51. The van der Waals surface area contributed by atoms with Crippen molar-refractivity contribution < 1.29 is 31.9 Å². The van der Waals surface area contributed by atoms with Gasteiger partial charge in [-0.15, -0.1) is 0 Å². The van der Waals surface area contributed by atoms with Crippen molar-refractivity contribution in [3.05, 3.63) is 89.2 Å². The molecule has 226 valence electrons. The molecule has 5 rings (SSSR count). The summed E-state index contributed by atoms with van der Waals surface area (Å²) in [6.07, 6.45) is -1.41. The number of ether oxygens (including phenoxy) is 1. The van der Waals surface area contributed by atoms with E-state index in [4.69, 9.17) is 9.15 Å². The number of fused-ring (bicyclic) bond motifs is 1. The summed E-state index contributed by atoms with van der Waals surface area (Å²) in [5.74, 6) is -1.13. The molecule has 0 saturated heterocycles. The fourth-order valence-corrected chi connectivity index (χ4v) is 5.89. The molecule has 1 N–H and O–H groups in total. The number of aryl methyl sites for hydroxylation is 1. The fourth-order valence-electron chi connectivity index (χ4n) is 5.89. The number of alkyl halides is 3. The Hall–Kier alpha value is -4.11. The van der Waals surface area contributed by atoms with E-state index in [1.807, 2.05) is 68.3 Å². The standard InChI is InChI=1S/C34H35F3N2O4/c1-4-42-29-18-13-24(22-9-11-23(12-10-22)32(40)34(35,36)37)19-25(29)20-39(27-16-14-26(38-3)15-17-27)33(41)31-21(2)28-7-5-6-8-30(28)43-31/h5-13,18-19,26-27,38H,4,14-17,20H2,1-3H3. The second kappa shape index (κ2) is 12.6. The number of rotatable bonds is 9. The highest BCUT2D eigenvalue weighted by Crippen LogP contribution is 2.34. The second-order valence-corrected chi connectivity index (χ2v) is 10.9. The van der Waals surface area contributed by atoms with Crippen LogP contribution in [0.5, 0.6) is 5.75 Å². The van der Waals surface area contributed by atoms with Crippen molar-refractivity contribution in [3.63, 3.8) is 0 Å². The third-order valence-corrected chi connectivity index (χ3v) is 8.28. The van der Waals surface area contributed by atoms with Crippen LogP contribution in [0.25, 0.3) is 22.1 Å². The maximum Gasteiger partial charge on any atom is 0.454 e. The molecule has 43 heavy (non-hydrogen) atoms. The molecule has 4 aromatic rings. The molecular formula is C34H35F3N2O4. The van der Waals surface area contributed by atoms with Crippen molar-refractivity contribution in [1.29, 1.82) is 0 Å². The number of para-hydroxylation sites is 1. The summed E-state index contributed by atoms with van der Waals surface area (Å²) in [6, 6.07) is 18.9. The molecule has 1 aromatic heterocycles. The molecule has 1 heterocycles. The topological polar surface area (TPSA) is 71.8 Å². The minimum absolute atomic E-state index is 0.0180. The average Bonchev–Trinajstić information content (AvgIpc) is 3.36. The predicted octanol–water partition coefficient (Wildman–Crippen LogP) is 7.72. The van der Waals surface area contributed by atoms with E-state index in [0.29, 0.717) is 35.3 Å². The number of hydrogen-bond acceptors (Lipinski definition) is 5. The van der Waals surface area contributed by atoms with E-state index in [2.05, 4.69) is 5.32 Å². The number of ketones is 1. The van der Waals surface area contributed by atoms with Crippen LogP contribution in [0.2, 0.25) is 0 Å². The Morgan fingerprint density at radius 1 is 0.977 bits per heavy atom. The summed E-state index contributed by atoms with van der Waals surface area (Å²) in [4.78, 5) is 27.8. The summed E-state index contributed by atoms with van der Waals surface area (Å²) < 4.78 is 50.8. The van der Waals surface area contributed by atoms with Gasteiger partial charge in [0.1, 0.15) is 11.3 Å². The van der Waals surface area contributed by atoms with Gasteiger partial charge in [-0.3, -0.25) is 9.59 Å². The molecule has 1 fully saturated rings. The van der Waals surface area contributed by atoms with Crippen molar-refractivity contribution in [2.45, 2.75) is 64.3 Å². The minimum Gasteiger partial charge on any atom is -0.494 e. The van der Waals surface area contributed by atoms with E-state index in [0.717, 1.165) is 47.8 Å². The van der Waals surface area contributed by atoms with E-state index in [1.165, 1.54) is 24.3 Å². The predicted molar refractivity (Wildman–Crippen MR) is 159 cm³/mol. The number of nitrogens with zero attached hydrogens (tertiary/aromatic N) is 1. The first-order valence-corrected chi connectivity index (χ1v) is 14.5. The van der Waals surface area contributed by atoms with Crippen LogP contribution >= 0.6 is 0 Å². The Labute approximate surface area is 248 Å². The van der Waals surface area contributed by atoms with Gasteiger partial charge >= 0.3 is 6.18 Å². The van der Waals surface area contributed by atoms with Gasteiger partial charge in [-0.05, 0) is 75.9 Å². The smallest absolute Gasteiger partial charge is 0.454 e. The highest BCUT2D eigenvalue weighted by atomic mass is 19.4. The Morgan fingerprint density at radius 3 is 2.28 bits per heavy atom. The van der Waals surface area contributed by atoms with Crippen LogP contribution in [-0.4, -0.2) is 48.5 Å². The second-order valence-electron chi connectivity index (χ2n) is 10.9. The molecule has 0 spiro atoms. The maximum atomic E-state index is 14.2. The monoisotopic (exact) mass is 592 g/mol. The number of nitrogens with one attached hydrogen (secondary N) is 1. The molecule has 1 saturated carbocycles. The number of benzene rings is 3. The lowest BCUT2D eigenvalue weighted by molar-refractivity contribution is -0.0885. The molecule has 3 aromatic carbocycles.